The quantitative estimate of drug-likeness (QED) is 0.902. The van der Waals surface area contributed by atoms with Crippen LogP contribution in [0.1, 0.15) is 15.9 Å². The van der Waals surface area contributed by atoms with E-state index in [0.717, 1.165) is 6.07 Å². The first-order valence-electron chi connectivity index (χ1n) is 6.09. The van der Waals surface area contributed by atoms with Crippen molar-refractivity contribution in [3.05, 3.63) is 59.2 Å². The molecule has 0 fully saturated rings. The van der Waals surface area contributed by atoms with Crippen LogP contribution in [0.2, 0.25) is 0 Å². The molecule has 0 saturated carbocycles. The molecule has 3 N–H and O–H groups in total. The summed E-state index contributed by atoms with van der Waals surface area (Å²) in [4.78, 5) is 10.9. The SMILES string of the molecule is Cc1cccc(C(N)=O)c1NS(=O)(=O)c1ccc(F)c(F)c1. The summed E-state index contributed by atoms with van der Waals surface area (Å²) in [6.07, 6.45) is 0. The van der Waals surface area contributed by atoms with Crippen LogP contribution >= 0.6 is 0 Å². The molecule has 0 bridgehead atoms. The number of nitrogens with two attached hydrogens (primary N) is 1. The molecule has 2 rings (SSSR count). The lowest BCUT2D eigenvalue weighted by molar-refractivity contribution is 0.100. The second-order valence-corrected chi connectivity index (χ2v) is 6.23. The minimum atomic E-state index is -4.20. The van der Waals surface area contributed by atoms with E-state index in [4.69, 9.17) is 5.73 Å². The van der Waals surface area contributed by atoms with Crippen molar-refractivity contribution >= 4 is 21.6 Å². The number of amides is 1. The summed E-state index contributed by atoms with van der Waals surface area (Å²) in [5.74, 6) is -3.26. The number of anilines is 1. The van der Waals surface area contributed by atoms with Crippen molar-refractivity contribution in [2.45, 2.75) is 11.8 Å². The largest absolute Gasteiger partial charge is 0.366 e. The predicted octanol–water partition coefficient (Wildman–Crippen LogP) is 2.17. The first-order chi connectivity index (χ1) is 10.2. The van der Waals surface area contributed by atoms with Gasteiger partial charge in [0.2, 0.25) is 0 Å². The lowest BCUT2D eigenvalue weighted by atomic mass is 10.1. The van der Waals surface area contributed by atoms with Crippen LogP contribution in [0.5, 0.6) is 0 Å². The Morgan fingerprint density at radius 3 is 2.41 bits per heavy atom. The zero-order valence-corrected chi connectivity index (χ0v) is 12.2. The third-order valence-corrected chi connectivity index (χ3v) is 4.32. The maximum atomic E-state index is 13.2. The molecule has 116 valence electrons. The number of sulfonamides is 1. The maximum absolute atomic E-state index is 13.2. The van der Waals surface area contributed by atoms with Crippen LogP contribution in [0.3, 0.4) is 0 Å². The summed E-state index contributed by atoms with van der Waals surface area (Å²) in [5.41, 5.74) is 5.64. The first-order valence-corrected chi connectivity index (χ1v) is 7.58. The molecule has 0 aliphatic heterocycles. The van der Waals surface area contributed by atoms with E-state index in [9.17, 15) is 22.0 Å². The predicted molar refractivity (Wildman–Crippen MR) is 76.9 cm³/mol. The number of carbonyl (C=O) groups is 1. The Kier molecular flexibility index (Phi) is 4.14. The van der Waals surface area contributed by atoms with E-state index in [0.29, 0.717) is 17.7 Å². The second kappa shape index (κ2) is 5.72. The number of rotatable bonds is 4. The molecule has 2 aromatic carbocycles. The van der Waals surface area contributed by atoms with E-state index in [1.165, 1.54) is 6.07 Å². The highest BCUT2D eigenvalue weighted by Crippen LogP contribution is 2.24. The molecule has 5 nitrogen and oxygen atoms in total. The molecule has 0 aromatic heterocycles. The van der Waals surface area contributed by atoms with Gasteiger partial charge in [-0.25, -0.2) is 17.2 Å². The number of nitrogens with one attached hydrogen (secondary N) is 1. The Bertz CT molecular complexity index is 851. The molecule has 0 saturated heterocycles. The van der Waals surface area contributed by atoms with Crippen molar-refractivity contribution in [3.8, 4) is 0 Å². The molecule has 22 heavy (non-hydrogen) atoms. The summed E-state index contributed by atoms with van der Waals surface area (Å²) < 4.78 is 52.8. The molecule has 0 atom stereocenters. The molecule has 2 aromatic rings. The standard InChI is InChI=1S/C14H12F2N2O3S/c1-8-3-2-4-10(14(17)19)13(8)18-22(20,21)9-5-6-11(15)12(16)7-9/h2-7,18H,1H3,(H2,17,19). The third kappa shape index (κ3) is 3.06. The highest BCUT2D eigenvalue weighted by Gasteiger charge is 2.20. The van der Waals surface area contributed by atoms with Crippen LogP contribution in [0, 0.1) is 18.6 Å². The summed E-state index contributed by atoms with van der Waals surface area (Å²) in [6.45, 7) is 1.58. The van der Waals surface area contributed by atoms with Gasteiger partial charge in [0.25, 0.3) is 15.9 Å². The molecule has 0 spiro atoms. The van der Waals surface area contributed by atoms with E-state index in [-0.39, 0.29) is 11.3 Å². The maximum Gasteiger partial charge on any atom is 0.262 e. The highest BCUT2D eigenvalue weighted by atomic mass is 32.2. The van der Waals surface area contributed by atoms with Gasteiger partial charge in [-0.3, -0.25) is 9.52 Å². The van der Waals surface area contributed by atoms with E-state index < -0.39 is 32.5 Å². The summed E-state index contributed by atoms with van der Waals surface area (Å²) in [5, 5.41) is 0. The monoisotopic (exact) mass is 326 g/mol. The third-order valence-electron chi connectivity index (χ3n) is 2.98. The Balaban J connectivity index is 2.50. The molecule has 0 aliphatic rings. The number of aryl methyl sites for hydroxylation is 1. The minimum absolute atomic E-state index is 0.000247. The zero-order chi connectivity index (χ0) is 16.5. The van der Waals surface area contributed by atoms with Gasteiger partial charge in [-0.15, -0.1) is 0 Å². The van der Waals surface area contributed by atoms with Crippen molar-refractivity contribution in [1.82, 2.24) is 0 Å². The fraction of sp³-hybridized carbons (Fsp3) is 0.0714. The molecule has 1 amide bonds. The lowest BCUT2D eigenvalue weighted by Gasteiger charge is -2.13. The topological polar surface area (TPSA) is 89.3 Å². The van der Waals surface area contributed by atoms with Gasteiger partial charge in [0.05, 0.1) is 16.1 Å². The van der Waals surface area contributed by atoms with Gasteiger partial charge >= 0.3 is 0 Å². The number of primary amides is 1. The number of hydrogen-bond donors (Lipinski definition) is 2. The smallest absolute Gasteiger partial charge is 0.262 e. The molecule has 8 heteroatoms. The van der Waals surface area contributed by atoms with E-state index in [2.05, 4.69) is 4.72 Å². The van der Waals surface area contributed by atoms with Gasteiger partial charge in [-0.2, -0.15) is 0 Å². The van der Waals surface area contributed by atoms with Crippen LogP contribution in [0.25, 0.3) is 0 Å². The Labute approximate surface area is 125 Å². The van der Waals surface area contributed by atoms with Crippen LogP contribution in [-0.2, 0) is 10.0 Å². The van der Waals surface area contributed by atoms with Crippen molar-refractivity contribution < 1.29 is 22.0 Å². The minimum Gasteiger partial charge on any atom is -0.366 e. The van der Waals surface area contributed by atoms with Crippen molar-refractivity contribution in [2.24, 2.45) is 5.73 Å². The fourth-order valence-corrected chi connectivity index (χ4v) is 3.01. The van der Waals surface area contributed by atoms with Crippen molar-refractivity contribution in [1.29, 1.82) is 0 Å². The van der Waals surface area contributed by atoms with Crippen LogP contribution in [-0.4, -0.2) is 14.3 Å². The van der Waals surface area contributed by atoms with Gasteiger partial charge in [-0.05, 0) is 36.8 Å². The van der Waals surface area contributed by atoms with Crippen LogP contribution in [0.15, 0.2) is 41.3 Å². The lowest BCUT2D eigenvalue weighted by Crippen LogP contribution is -2.19. The normalized spacial score (nSPS) is 11.2. The zero-order valence-electron chi connectivity index (χ0n) is 11.4. The van der Waals surface area contributed by atoms with Crippen LogP contribution in [0.4, 0.5) is 14.5 Å². The van der Waals surface area contributed by atoms with Gasteiger partial charge in [0.1, 0.15) is 0 Å². The van der Waals surface area contributed by atoms with Gasteiger partial charge in [0, 0.05) is 0 Å². The van der Waals surface area contributed by atoms with Crippen LogP contribution < -0.4 is 10.5 Å². The number of halogens is 2. The number of carbonyl (C=O) groups excluding carboxylic acids is 1. The Morgan fingerprint density at radius 2 is 1.82 bits per heavy atom. The Hall–Kier alpha value is -2.48. The van der Waals surface area contributed by atoms with Gasteiger partial charge in [0.15, 0.2) is 11.6 Å². The van der Waals surface area contributed by atoms with E-state index in [1.54, 1.807) is 19.1 Å². The molecule has 0 aliphatic carbocycles. The molecule has 0 heterocycles. The van der Waals surface area contributed by atoms with E-state index in [1.807, 2.05) is 0 Å². The number of para-hydroxylation sites is 1. The fourth-order valence-electron chi connectivity index (χ4n) is 1.85. The van der Waals surface area contributed by atoms with Gasteiger partial charge < -0.3 is 5.73 Å². The molecular formula is C14H12F2N2O3S. The molecule has 0 unspecified atom stereocenters. The molecular weight excluding hydrogens is 314 g/mol. The summed E-state index contributed by atoms with van der Waals surface area (Å²) >= 11 is 0. The second-order valence-electron chi connectivity index (χ2n) is 4.54. The Morgan fingerprint density at radius 1 is 1.14 bits per heavy atom. The van der Waals surface area contributed by atoms with Crippen molar-refractivity contribution in [2.75, 3.05) is 4.72 Å². The summed E-state index contributed by atoms with van der Waals surface area (Å²) in [7, 11) is -4.20. The van der Waals surface area contributed by atoms with E-state index >= 15 is 0 Å². The summed E-state index contributed by atoms with van der Waals surface area (Å²) in [6, 6.07) is 6.67. The van der Waals surface area contributed by atoms with Gasteiger partial charge in [-0.1, -0.05) is 12.1 Å². The average molecular weight is 326 g/mol. The average Bonchev–Trinajstić information content (AvgIpc) is 2.43. The van der Waals surface area contributed by atoms with Crippen molar-refractivity contribution in [3.63, 3.8) is 0 Å². The molecule has 0 radical (unpaired) electrons. The number of benzene rings is 2. The highest BCUT2D eigenvalue weighted by molar-refractivity contribution is 7.92. The number of hydrogen-bond acceptors (Lipinski definition) is 3. The first kappa shape index (κ1) is 15.9.